The third-order valence-electron chi connectivity index (χ3n) is 3.24. The first-order valence-corrected chi connectivity index (χ1v) is 9.02. The molecular formula is C15H21ClN2O2S. The summed E-state index contributed by atoms with van der Waals surface area (Å²) in [4.78, 5) is 0.101. The highest BCUT2D eigenvalue weighted by molar-refractivity contribution is 7.89. The standard InChI is InChI=1S/C15H21ClN2O2S/c1-3-5-7-13(6-4-2)18-21(19,20)14-9-8-12(11-17)15(16)10-14/h8-10,13,18H,3-7H2,1-2H3. The van der Waals surface area contributed by atoms with Crippen LogP contribution in [0.2, 0.25) is 5.02 Å². The Morgan fingerprint density at radius 1 is 1.29 bits per heavy atom. The van der Waals surface area contributed by atoms with Gasteiger partial charge in [-0.05, 0) is 31.0 Å². The van der Waals surface area contributed by atoms with Gasteiger partial charge in [0, 0.05) is 6.04 Å². The van der Waals surface area contributed by atoms with Crippen LogP contribution in [0.4, 0.5) is 0 Å². The van der Waals surface area contributed by atoms with E-state index < -0.39 is 10.0 Å². The number of sulfonamides is 1. The minimum Gasteiger partial charge on any atom is -0.208 e. The normalized spacial score (nSPS) is 12.9. The van der Waals surface area contributed by atoms with Gasteiger partial charge in [0.15, 0.2) is 0 Å². The van der Waals surface area contributed by atoms with Crippen LogP contribution >= 0.6 is 11.6 Å². The SMILES string of the molecule is CCCCC(CCC)NS(=O)(=O)c1ccc(C#N)c(Cl)c1. The van der Waals surface area contributed by atoms with Crippen LogP contribution in [0, 0.1) is 11.3 Å². The van der Waals surface area contributed by atoms with Crippen molar-refractivity contribution in [1.82, 2.24) is 4.72 Å². The number of unbranched alkanes of at least 4 members (excludes halogenated alkanes) is 1. The van der Waals surface area contributed by atoms with E-state index in [0.29, 0.717) is 0 Å². The Labute approximate surface area is 132 Å². The maximum atomic E-state index is 12.4. The Bertz CT molecular complexity index is 609. The Morgan fingerprint density at radius 3 is 2.52 bits per heavy atom. The Hall–Kier alpha value is -1.09. The van der Waals surface area contributed by atoms with Gasteiger partial charge in [-0.3, -0.25) is 0 Å². The molecule has 116 valence electrons. The summed E-state index contributed by atoms with van der Waals surface area (Å²) in [7, 11) is -3.60. The van der Waals surface area contributed by atoms with Crippen LogP contribution in [-0.4, -0.2) is 14.5 Å². The third-order valence-corrected chi connectivity index (χ3v) is 5.07. The predicted octanol–water partition coefficient (Wildman–Crippen LogP) is 3.85. The van der Waals surface area contributed by atoms with Crippen LogP contribution in [0.25, 0.3) is 0 Å². The van der Waals surface area contributed by atoms with Crippen LogP contribution in [0.15, 0.2) is 23.1 Å². The van der Waals surface area contributed by atoms with Gasteiger partial charge in [-0.1, -0.05) is 44.7 Å². The van der Waals surface area contributed by atoms with Gasteiger partial charge in [-0.25, -0.2) is 13.1 Å². The molecule has 0 bridgehead atoms. The molecule has 1 aromatic rings. The van der Waals surface area contributed by atoms with Gasteiger partial charge in [0.05, 0.1) is 15.5 Å². The molecule has 1 N–H and O–H groups in total. The van der Waals surface area contributed by atoms with Crippen LogP contribution < -0.4 is 4.72 Å². The fourth-order valence-corrected chi connectivity index (χ4v) is 3.72. The largest absolute Gasteiger partial charge is 0.240 e. The van der Waals surface area contributed by atoms with Crippen molar-refractivity contribution in [2.45, 2.75) is 56.9 Å². The van der Waals surface area contributed by atoms with Gasteiger partial charge < -0.3 is 0 Å². The molecule has 1 aromatic carbocycles. The quantitative estimate of drug-likeness (QED) is 0.788. The predicted molar refractivity (Wildman–Crippen MR) is 84.7 cm³/mol. The van der Waals surface area contributed by atoms with E-state index in [-0.39, 0.29) is 21.5 Å². The first-order valence-electron chi connectivity index (χ1n) is 7.16. The molecule has 4 nitrogen and oxygen atoms in total. The fraction of sp³-hybridized carbons (Fsp3) is 0.533. The first-order chi connectivity index (χ1) is 9.94. The minimum absolute atomic E-state index is 0.0608. The van der Waals surface area contributed by atoms with E-state index in [1.165, 1.54) is 18.2 Å². The summed E-state index contributed by atoms with van der Waals surface area (Å²) >= 11 is 5.90. The van der Waals surface area contributed by atoms with Crippen molar-refractivity contribution in [3.05, 3.63) is 28.8 Å². The van der Waals surface area contributed by atoms with Crippen molar-refractivity contribution in [3.63, 3.8) is 0 Å². The van der Waals surface area contributed by atoms with Gasteiger partial charge in [0.1, 0.15) is 6.07 Å². The lowest BCUT2D eigenvalue weighted by atomic mass is 10.1. The smallest absolute Gasteiger partial charge is 0.208 e. The molecule has 6 heteroatoms. The summed E-state index contributed by atoms with van der Waals surface area (Å²) in [5.41, 5.74) is 0.270. The first kappa shape index (κ1) is 18.0. The van der Waals surface area contributed by atoms with Crippen molar-refractivity contribution >= 4 is 21.6 Å². The average molecular weight is 329 g/mol. The monoisotopic (exact) mass is 328 g/mol. The number of nitriles is 1. The van der Waals surface area contributed by atoms with Gasteiger partial charge in [-0.2, -0.15) is 5.26 Å². The molecule has 0 aliphatic heterocycles. The maximum absolute atomic E-state index is 12.4. The van der Waals surface area contributed by atoms with Crippen molar-refractivity contribution in [2.24, 2.45) is 0 Å². The molecule has 1 unspecified atom stereocenters. The Balaban J connectivity index is 2.93. The summed E-state index contributed by atoms with van der Waals surface area (Å²) in [5.74, 6) is 0. The summed E-state index contributed by atoms with van der Waals surface area (Å²) in [6.45, 7) is 4.11. The zero-order valence-corrected chi connectivity index (χ0v) is 14.0. The molecule has 0 aliphatic carbocycles. The average Bonchev–Trinajstić information content (AvgIpc) is 2.44. The van der Waals surface area contributed by atoms with Crippen LogP contribution in [0.3, 0.4) is 0 Å². The van der Waals surface area contributed by atoms with Crippen molar-refractivity contribution in [2.75, 3.05) is 0 Å². The van der Waals surface area contributed by atoms with Gasteiger partial charge in [0.25, 0.3) is 0 Å². The lowest BCUT2D eigenvalue weighted by molar-refractivity contribution is 0.483. The number of nitrogens with one attached hydrogen (secondary N) is 1. The highest BCUT2D eigenvalue weighted by Crippen LogP contribution is 2.21. The number of hydrogen-bond acceptors (Lipinski definition) is 3. The molecule has 0 aromatic heterocycles. The van der Waals surface area contributed by atoms with E-state index in [1.54, 1.807) is 0 Å². The number of nitrogens with zero attached hydrogens (tertiary/aromatic N) is 1. The third kappa shape index (κ3) is 5.31. The van der Waals surface area contributed by atoms with Crippen LogP contribution in [-0.2, 0) is 10.0 Å². The second kappa shape index (κ2) is 8.38. The zero-order valence-electron chi connectivity index (χ0n) is 12.4. The molecule has 0 fully saturated rings. The molecule has 1 atom stereocenters. The Kier molecular flexibility index (Phi) is 7.16. The molecule has 0 radical (unpaired) electrons. The summed E-state index contributed by atoms with van der Waals surface area (Å²) in [6, 6.07) is 6.02. The van der Waals surface area contributed by atoms with Gasteiger partial charge in [-0.15, -0.1) is 0 Å². The molecule has 1 rings (SSSR count). The molecule has 0 saturated carbocycles. The lowest BCUT2D eigenvalue weighted by Gasteiger charge is -2.18. The number of benzene rings is 1. The highest BCUT2D eigenvalue weighted by Gasteiger charge is 2.20. The summed E-state index contributed by atoms with van der Waals surface area (Å²) in [5, 5.41) is 8.98. The van der Waals surface area contributed by atoms with E-state index in [1.807, 2.05) is 13.0 Å². The van der Waals surface area contributed by atoms with E-state index >= 15 is 0 Å². The highest BCUT2D eigenvalue weighted by atomic mass is 35.5. The lowest BCUT2D eigenvalue weighted by Crippen LogP contribution is -2.34. The number of hydrogen-bond donors (Lipinski definition) is 1. The van der Waals surface area contributed by atoms with E-state index in [4.69, 9.17) is 16.9 Å². The van der Waals surface area contributed by atoms with E-state index in [2.05, 4.69) is 11.6 Å². The second-order valence-electron chi connectivity index (χ2n) is 5.00. The molecule has 21 heavy (non-hydrogen) atoms. The molecule has 0 spiro atoms. The Morgan fingerprint density at radius 2 is 2.00 bits per heavy atom. The molecular weight excluding hydrogens is 308 g/mol. The van der Waals surface area contributed by atoms with Crippen molar-refractivity contribution in [1.29, 1.82) is 5.26 Å². The molecule has 0 aliphatic rings. The van der Waals surface area contributed by atoms with Gasteiger partial charge in [0.2, 0.25) is 10.0 Å². The second-order valence-corrected chi connectivity index (χ2v) is 7.12. The number of halogens is 1. The molecule has 0 saturated heterocycles. The van der Waals surface area contributed by atoms with Gasteiger partial charge >= 0.3 is 0 Å². The summed E-state index contributed by atoms with van der Waals surface area (Å²) < 4.78 is 27.5. The molecule has 0 amide bonds. The van der Waals surface area contributed by atoms with Crippen molar-refractivity contribution < 1.29 is 8.42 Å². The zero-order chi connectivity index (χ0) is 15.9. The van der Waals surface area contributed by atoms with Crippen LogP contribution in [0.5, 0.6) is 0 Å². The molecule has 0 heterocycles. The van der Waals surface area contributed by atoms with Crippen molar-refractivity contribution in [3.8, 4) is 6.07 Å². The topological polar surface area (TPSA) is 70.0 Å². The minimum atomic E-state index is -3.60. The fourth-order valence-electron chi connectivity index (χ4n) is 2.10. The van der Waals surface area contributed by atoms with E-state index in [0.717, 1.165) is 32.1 Å². The number of rotatable bonds is 8. The maximum Gasteiger partial charge on any atom is 0.240 e. The van der Waals surface area contributed by atoms with E-state index in [9.17, 15) is 8.42 Å². The summed E-state index contributed by atoms with van der Waals surface area (Å²) in [6.07, 6.45) is 4.58. The van der Waals surface area contributed by atoms with Crippen LogP contribution in [0.1, 0.15) is 51.5 Å².